The normalized spacial score (nSPS) is 18.2. The maximum atomic E-state index is 13.0. The number of fused-ring (bicyclic) bond motifs is 1. The predicted octanol–water partition coefficient (Wildman–Crippen LogP) is 5.40. The predicted molar refractivity (Wildman–Crippen MR) is 117 cm³/mol. The van der Waals surface area contributed by atoms with E-state index >= 15 is 0 Å². The monoisotopic (exact) mass is 395 g/mol. The topological polar surface area (TPSA) is 44.7 Å². The van der Waals surface area contributed by atoms with Gasteiger partial charge in [-0.3, -0.25) is 4.79 Å². The van der Waals surface area contributed by atoms with Gasteiger partial charge < -0.3 is 4.90 Å². The van der Waals surface area contributed by atoms with Crippen molar-refractivity contribution in [2.75, 3.05) is 4.90 Å². The number of carbonyl (C=O) groups excluding carboxylic acids is 1. The highest BCUT2D eigenvalue weighted by molar-refractivity contribution is 5.95. The van der Waals surface area contributed by atoms with Crippen LogP contribution in [0.2, 0.25) is 0 Å². The Labute approximate surface area is 172 Å². The molecule has 1 aliphatic heterocycles. The Balaban J connectivity index is 1.85. The van der Waals surface area contributed by atoms with Crippen LogP contribution in [0, 0.1) is 12.7 Å². The van der Waals surface area contributed by atoms with E-state index in [4.69, 9.17) is 0 Å². The Morgan fingerprint density at radius 1 is 1.28 bits per heavy atom. The molecule has 0 aliphatic carbocycles. The third-order valence-corrected chi connectivity index (χ3v) is 5.66. The number of hydrazone groups is 1. The van der Waals surface area contributed by atoms with Crippen LogP contribution < -0.4 is 10.3 Å². The van der Waals surface area contributed by atoms with E-state index in [0.29, 0.717) is 17.5 Å². The molecule has 5 heteroatoms. The number of halogens is 1. The molecule has 2 aromatic rings. The van der Waals surface area contributed by atoms with Crippen molar-refractivity contribution in [3.05, 3.63) is 64.5 Å². The zero-order valence-corrected chi connectivity index (χ0v) is 18.1. The average molecular weight is 396 g/mol. The number of anilines is 1. The molecule has 0 fully saturated rings. The van der Waals surface area contributed by atoms with Crippen molar-refractivity contribution in [3.63, 3.8) is 0 Å². The summed E-state index contributed by atoms with van der Waals surface area (Å²) in [5, 5.41) is 4.13. The first-order chi connectivity index (χ1) is 13.6. The molecule has 0 radical (unpaired) electrons. The first-order valence-corrected chi connectivity index (χ1v) is 10.1. The highest BCUT2D eigenvalue weighted by Gasteiger charge is 2.37. The minimum absolute atomic E-state index is 0.103. The van der Waals surface area contributed by atoms with Gasteiger partial charge in [-0.05, 0) is 100 Å². The van der Waals surface area contributed by atoms with E-state index in [1.165, 1.54) is 35.5 Å². The van der Waals surface area contributed by atoms with Gasteiger partial charge in [0.1, 0.15) is 5.82 Å². The first-order valence-electron chi connectivity index (χ1n) is 10.1. The lowest BCUT2D eigenvalue weighted by Crippen LogP contribution is -2.51. The summed E-state index contributed by atoms with van der Waals surface area (Å²) in [7, 11) is 0. The summed E-state index contributed by atoms with van der Waals surface area (Å²) in [5.74, 6) is -0.294. The second-order valence-electron chi connectivity index (χ2n) is 8.85. The molecule has 1 atom stereocenters. The smallest absolute Gasteiger partial charge is 0.271 e. The number of hydrogen-bond acceptors (Lipinski definition) is 3. The number of carbonyl (C=O) groups is 1. The molecule has 0 bridgehead atoms. The van der Waals surface area contributed by atoms with E-state index in [9.17, 15) is 9.18 Å². The number of benzene rings is 2. The molecule has 4 nitrogen and oxygen atoms in total. The van der Waals surface area contributed by atoms with Crippen LogP contribution >= 0.6 is 0 Å². The van der Waals surface area contributed by atoms with E-state index in [2.05, 4.69) is 69.1 Å². The van der Waals surface area contributed by atoms with Crippen LogP contribution in [0.1, 0.15) is 74.0 Å². The van der Waals surface area contributed by atoms with Gasteiger partial charge in [-0.2, -0.15) is 5.10 Å². The lowest BCUT2D eigenvalue weighted by molar-refractivity contribution is 0.0955. The standard InChI is InChI=1S/C24H30FN3O/c1-15(2)28-22-11-16(3)19(12-21(22)17(4)13-24(28,5)6)14-26-27-23(29)18-7-9-20(25)10-8-18/h7-12,14-15,17H,13H2,1-6H3,(H,27,29)/b26-14-/t17-/m0/s1. The Hall–Kier alpha value is -2.69. The number of nitrogens with one attached hydrogen (secondary N) is 1. The van der Waals surface area contributed by atoms with Gasteiger partial charge in [-0.1, -0.05) is 6.92 Å². The molecule has 2 aromatic carbocycles. The van der Waals surface area contributed by atoms with Crippen LogP contribution in [0.4, 0.5) is 10.1 Å². The lowest BCUT2D eigenvalue weighted by atomic mass is 9.78. The minimum Gasteiger partial charge on any atom is -0.364 e. The number of nitrogens with zero attached hydrogens (tertiary/aromatic N) is 2. The number of amides is 1. The van der Waals surface area contributed by atoms with Gasteiger partial charge in [0.15, 0.2) is 0 Å². The van der Waals surface area contributed by atoms with Crippen molar-refractivity contribution in [1.29, 1.82) is 0 Å². The van der Waals surface area contributed by atoms with Crippen LogP contribution in [0.5, 0.6) is 0 Å². The molecule has 3 rings (SSSR count). The minimum atomic E-state index is -0.373. The molecule has 1 N–H and O–H groups in total. The average Bonchev–Trinajstić information content (AvgIpc) is 2.62. The molecule has 1 heterocycles. The van der Waals surface area contributed by atoms with Crippen molar-refractivity contribution in [2.24, 2.45) is 5.10 Å². The summed E-state index contributed by atoms with van der Waals surface area (Å²) in [5.41, 5.74) is 7.69. The number of aryl methyl sites for hydroxylation is 1. The summed E-state index contributed by atoms with van der Waals surface area (Å²) in [4.78, 5) is 14.7. The molecule has 1 aliphatic rings. The fraction of sp³-hybridized carbons (Fsp3) is 0.417. The molecular formula is C24H30FN3O. The molecular weight excluding hydrogens is 365 g/mol. The van der Waals surface area contributed by atoms with E-state index in [0.717, 1.165) is 17.5 Å². The summed E-state index contributed by atoms with van der Waals surface area (Å²) >= 11 is 0. The Morgan fingerprint density at radius 3 is 2.55 bits per heavy atom. The molecule has 0 saturated heterocycles. The fourth-order valence-electron chi connectivity index (χ4n) is 4.56. The van der Waals surface area contributed by atoms with Crippen LogP contribution in [0.3, 0.4) is 0 Å². The van der Waals surface area contributed by atoms with Crippen molar-refractivity contribution >= 4 is 17.8 Å². The summed E-state index contributed by atoms with van der Waals surface area (Å²) in [6.45, 7) is 13.4. The zero-order valence-electron chi connectivity index (χ0n) is 18.1. The Kier molecular flexibility index (Phi) is 5.78. The third-order valence-electron chi connectivity index (χ3n) is 5.66. The maximum absolute atomic E-state index is 13.0. The van der Waals surface area contributed by atoms with Crippen molar-refractivity contribution in [3.8, 4) is 0 Å². The molecule has 1 amide bonds. The molecule has 154 valence electrons. The van der Waals surface area contributed by atoms with Gasteiger partial charge in [0.2, 0.25) is 0 Å². The molecule has 0 unspecified atom stereocenters. The van der Waals surface area contributed by atoms with Crippen LogP contribution in [0.15, 0.2) is 41.5 Å². The van der Waals surface area contributed by atoms with Crippen LogP contribution in [-0.4, -0.2) is 23.7 Å². The molecule has 0 spiro atoms. The summed E-state index contributed by atoms with van der Waals surface area (Å²) in [6, 6.07) is 10.2. The van der Waals surface area contributed by atoms with Crippen LogP contribution in [-0.2, 0) is 0 Å². The fourth-order valence-corrected chi connectivity index (χ4v) is 4.56. The van der Waals surface area contributed by atoms with Crippen LogP contribution in [0.25, 0.3) is 0 Å². The lowest BCUT2D eigenvalue weighted by Gasteiger charge is -2.50. The van der Waals surface area contributed by atoms with Gasteiger partial charge in [-0.15, -0.1) is 0 Å². The van der Waals surface area contributed by atoms with Crippen molar-refractivity contribution in [2.45, 2.75) is 65.5 Å². The quantitative estimate of drug-likeness (QED) is 0.556. The van der Waals surface area contributed by atoms with E-state index in [1.54, 1.807) is 6.21 Å². The highest BCUT2D eigenvalue weighted by atomic mass is 19.1. The largest absolute Gasteiger partial charge is 0.364 e. The van der Waals surface area contributed by atoms with Gasteiger partial charge in [-0.25, -0.2) is 9.82 Å². The second kappa shape index (κ2) is 7.97. The molecule has 29 heavy (non-hydrogen) atoms. The Morgan fingerprint density at radius 2 is 1.93 bits per heavy atom. The zero-order chi connectivity index (χ0) is 21.3. The van der Waals surface area contributed by atoms with Gasteiger partial charge in [0.05, 0.1) is 6.21 Å². The third kappa shape index (κ3) is 4.34. The Bertz CT molecular complexity index is 932. The molecule has 0 saturated carbocycles. The highest BCUT2D eigenvalue weighted by Crippen LogP contribution is 2.45. The van der Waals surface area contributed by atoms with E-state index < -0.39 is 0 Å². The van der Waals surface area contributed by atoms with Crippen molar-refractivity contribution in [1.82, 2.24) is 5.43 Å². The number of rotatable bonds is 4. The van der Waals surface area contributed by atoms with Gasteiger partial charge in [0, 0.05) is 22.8 Å². The molecule has 0 aromatic heterocycles. The first kappa shape index (κ1) is 21.0. The maximum Gasteiger partial charge on any atom is 0.271 e. The van der Waals surface area contributed by atoms with E-state index in [1.807, 2.05) is 0 Å². The van der Waals surface area contributed by atoms with Gasteiger partial charge >= 0.3 is 0 Å². The van der Waals surface area contributed by atoms with Crippen molar-refractivity contribution < 1.29 is 9.18 Å². The van der Waals surface area contributed by atoms with Gasteiger partial charge in [0.25, 0.3) is 5.91 Å². The summed E-state index contributed by atoms with van der Waals surface area (Å²) in [6.07, 6.45) is 2.77. The SMILES string of the molecule is Cc1cc2c(cc1/C=N\NC(=O)c1ccc(F)cc1)[C@@H](C)CC(C)(C)N2C(C)C. The van der Waals surface area contributed by atoms with E-state index in [-0.39, 0.29) is 17.3 Å². The second-order valence-corrected chi connectivity index (χ2v) is 8.85. The summed E-state index contributed by atoms with van der Waals surface area (Å²) < 4.78 is 13.0. The number of hydrogen-bond donors (Lipinski definition) is 1.